The lowest BCUT2D eigenvalue weighted by Crippen LogP contribution is -2.35. The number of anilines is 1. The Balaban J connectivity index is 2.18. The SMILES string of the molecule is CC(C)C(=O)OC(C)C1CC(F)(F)C(n2ccc(N)nc2=O)O1. The maximum absolute atomic E-state index is 14.2. The summed E-state index contributed by atoms with van der Waals surface area (Å²) in [6, 6.07) is 1.23. The van der Waals surface area contributed by atoms with Crippen LogP contribution in [0.15, 0.2) is 17.1 Å². The van der Waals surface area contributed by atoms with Crippen molar-refractivity contribution in [1.82, 2.24) is 9.55 Å². The van der Waals surface area contributed by atoms with E-state index >= 15 is 0 Å². The first kappa shape index (κ1) is 17.3. The topological polar surface area (TPSA) is 96.4 Å². The van der Waals surface area contributed by atoms with Crippen LogP contribution in [0.4, 0.5) is 14.6 Å². The summed E-state index contributed by atoms with van der Waals surface area (Å²) < 4.78 is 39.5. The number of halogens is 2. The Bertz CT molecular complexity index is 647. The molecule has 23 heavy (non-hydrogen) atoms. The molecule has 0 aliphatic carbocycles. The summed E-state index contributed by atoms with van der Waals surface area (Å²) in [5.41, 5.74) is 4.41. The van der Waals surface area contributed by atoms with Gasteiger partial charge in [0, 0.05) is 12.6 Å². The van der Waals surface area contributed by atoms with Crippen LogP contribution in [0, 0.1) is 5.92 Å². The maximum Gasteiger partial charge on any atom is 0.351 e. The zero-order valence-corrected chi connectivity index (χ0v) is 13.0. The number of carbonyl (C=O) groups excluding carboxylic acids is 1. The Labute approximate surface area is 131 Å². The molecule has 0 amide bonds. The smallest absolute Gasteiger partial charge is 0.351 e. The summed E-state index contributed by atoms with van der Waals surface area (Å²) in [4.78, 5) is 26.7. The summed E-state index contributed by atoms with van der Waals surface area (Å²) in [6.07, 6.45) is -3.26. The van der Waals surface area contributed by atoms with Crippen LogP contribution in [-0.4, -0.2) is 33.7 Å². The van der Waals surface area contributed by atoms with E-state index in [1.54, 1.807) is 13.8 Å². The van der Waals surface area contributed by atoms with Gasteiger partial charge in [-0.1, -0.05) is 13.8 Å². The van der Waals surface area contributed by atoms with Gasteiger partial charge in [0.1, 0.15) is 18.0 Å². The Hall–Kier alpha value is -2.03. The van der Waals surface area contributed by atoms with E-state index in [-0.39, 0.29) is 11.7 Å². The Kier molecular flexibility index (Phi) is 4.69. The first-order valence-electron chi connectivity index (χ1n) is 7.20. The molecule has 0 bridgehead atoms. The van der Waals surface area contributed by atoms with Crippen molar-refractivity contribution in [3.8, 4) is 0 Å². The van der Waals surface area contributed by atoms with Gasteiger partial charge in [-0.3, -0.25) is 9.36 Å². The van der Waals surface area contributed by atoms with Crippen LogP contribution in [0.25, 0.3) is 0 Å². The number of nitrogen functional groups attached to an aromatic ring is 1. The number of hydrogen-bond donors (Lipinski definition) is 1. The third-order valence-electron chi connectivity index (χ3n) is 3.54. The minimum atomic E-state index is -3.30. The molecular weight excluding hydrogens is 312 g/mol. The van der Waals surface area contributed by atoms with E-state index in [0.717, 1.165) is 6.20 Å². The van der Waals surface area contributed by atoms with Crippen LogP contribution < -0.4 is 11.4 Å². The second kappa shape index (κ2) is 6.23. The van der Waals surface area contributed by atoms with Gasteiger partial charge in [-0.15, -0.1) is 0 Å². The minimum absolute atomic E-state index is 0.0663. The Morgan fingerprint density at radius 2 is 2.17 bits per heavy atom. The Morgan fingerprint density at radius 1 is 1.52 bits per heavy atom. The highest BCUT2D eigenvalue weighted by atomic mass is 19.3. The van der Waals surface area contributed by atoms with Crippen molar-refractivity contribution in [2.45, 2.75) is 51.6 Å². The first-order valence-corrected chi connectivity index (χ1v) is 7.20. The molecule has 1 fully saturated rings. The standard InChI is InChI=1S/C14H19F2N3O4/c1-7(2)11(20)22-8(3)9-6-14(15,16)12(23-9)19-5-4-10(17)18-13(19)21/h4-5,7-9,12H,6H2,1-3H3,(H2,17,18,21). The average Bonchev–Trinajstić information content (AvgIpc) is 2.74. The molecule has 128 valence electrons. The fraction of sp³-hybridized carbons (Fsp3) is 0.643. The Morgan fingerprint density at radius 3 is 2.74 bits per heavy atom. The molecule has 9 heteroatoms. The van der Waals surface area contributed by atoms with Gasteiger partial charge in [0.25, 0.3) is 5.92 Å². The molecule has 3 unspecified atom stereocenters. The highest BCUT2D eigenvalue weighted by molar-refractivity contribution is 5.71. The van der Waals surface area contributed by atoms with Crippen LogP contribution in [0.3, 0.4) is 0 Å². The molecule has 1 saturated heterocycles. The van der Waals surface area contributed by atoms with Crippen LogP contribution in [-0.2, 0) is 14.3 Å². The second-order valence-electron chi connectivity index (χ2n) is 5.83. The van der Waals surface area contributed by atoms with E-state index in [0.29, 0.717) is 4.57 Å². The highest BCUT2D eigenvalue weighted by Crippen LogP contribution is 2.43. The van der Waals surface area contributed by atoms with Crippen molar-refractivity contribution in [1.29, 1.82) is 0 Å². The number of rotatable bonds is 4. The summed E-state index contributed by atoms with van der Waals surface area (Å²) in [5, 5.41) is 0. The van der Waals surface area contributed by atoms with Crippen molar-refractivity contribution in [2.24, 2.45) is 5.92 Å². The molecule has 0 aromatic carbocycles. The molecule has 1 aromatic rings. The average molecular weight is 331 g/mol. The number of esters is 1. The number of aromatic nitrogens is 2. The molecule has 3 atom stereocenters. The van der Waals surface area contributed by atoms with E-state index in [2.05, 4.69) is 4.98 Å². The van der Waals surface area contributed by atoms with E-state index in [9.17, 15) is 18.4 Å². The van der Waals surface area contributed by atoms with Gasteiger partial charge in [-0.05, 0) is 13.0 Å². The number of alkyl halides is 2. The molecule has 2 N–H and O–H groups in total. The van der Waals surface area contributed by atoms with Crippen molar-refractivity contribution in [2.75, 3.05) is 5.73 Å². The first-order chi connectivity index (χ1) is 10.6. The molecule has 1 aliphatic rings. The number of ether oxygens (including phenoxy) is 2. The largest absolute Gasteiger partial charge is 0.460 e. The lowest BCUT2D eigenvalue weighted by molar-refractivity contribution is -0.163. The van der Waals surface area contributed by atoms with Crippen LogP contribution in [0.5, 0.6) is 0 Å². The highest BCUT2D eigenvalue weighted by Gasteiger charge is 2.53. The minimum Gasteiger partial charge on any atom is -0.460 e. The van der Waals surface area contributed by atoms with Crippen LogP contribution >= 0.6 is 0 Å². The van der Waals surface area contributed by atoms with E-state index in [1.807, 2.05) is 0 Å². The summed E-state index contributed by atoms with van der Waals surface area (Å²) in [5.74, 6) is -4.24. The molecule has 7 nitrogen and oxygen atoms in total. The molecule has 1 aromatic heterocycles. The summed E-state index contributed by atoms with van der Waals surface area (Å²) >= 11 is 0. The number of nitrogens with zero attached hydrogens (tertiary/aromatic N) is 2. The fourth-order valence-corrected chi connectivity index (χ4v) is 2.23. The van der Waals surface area contributed by atoms with Gasteiger partial charge in [-0.25, -0.2) is 13.6 Å². The van der Waals surface area contributed by atoms with Crippen LogP contribution in [0.2, 0.25) is 0 Å². The summed E-state index contributed by atoms with van der Waals surface area (Å²) in [7, 11) is 0. The summed E-state index contributed by atoms with van der Waals surface area (Å²) in [6.45, 7) is 4.76. The second-order valence-corrected chi connectivity index (χ2v) is 5.83. The molecule has 1 aliphatic heterocycles. The lowest BCUT2D eigenvalue weighted by Gasteiger charge is -2.21. The lowest BCUT2D eigenvalue weighted by atomic mass is 10.1. The molecule has 2 rings (SSSR count). The van der Waals surface area contributed by atoms with Crippen molar-refractivity contribution in [3.05, 3.63) is 22.7 Å². The van der Waals surface area contributed by atoms with Crippen LogP contribution in [0.1, 0.15) is 33.4 Å². The third kappa shape index (κ3) is 3.66. The quantitative estimate of drug-likeness (QED) is 0.836. The predicted octanol–water partition coefficient (Wildman–Crippen LogP) is 1.34. The zero-order valence-electron chi connectivity index (χ0n) is 13.0. The fourth-order valence-electron chi connectivity index (χ4n) is 2.23. The van der Waals surface area contributed by atoms with Gasteiger partial charge in [0.15, 0.2) is 0 Å². The van der Waals surface area contributed by atoms with Gasteiger partial charge >= 0.3 is 11.7 Å². The zero-order chi connectivity index (χ0) is 17.4. The predicted molar refractivity (Wildman–Crippen MR) is 76.8 cm³/mol. The van der Waals surface area contributed by atoms with Gasteiger partial charge < -0.3 is 15.2 Å². The number of carbonyl (C=O) groups is 1. The number of nitrogens with two attached hydrogens (primary N) is 1. The molecule has 2 heterocycles. The van der Waals surface area contributed by atoms with Crippen molar-refractivity contribution >= 4 is 11.8 Å². The monoisotopic (exact) mass is 331 g/mol. The number of hydrogen-bond acceptors (Lipinski definition) is 6. The normalized spacial score (nSPS) is 24.6. The maximum atomic E-state index is 14.2. The van der Waals surface area contributed by atoms with Gasteiger partial charge in [-0.2, -0.15) is 4.98 Å². The van der Waals surface area contributed by atoms with Gasteiger partial charge in [0.05, 0.1) is 5.92 Å². The molecular formula is C14H19F2N3O4. The van der Waals surface area contributed by atoms with E-state index < -0.39 is 42.4 Å². The van der Waals surface area contributed by atoms with Gasteiger partial charge in [0.2, 0.25) is 6.23 Å². The van der Waals surface area contributed by atoms with E-state index in [1.165, 1.54) is 13.0 Å². The van der Waals surface area contributed by atoms with Crippen molar-refractivity contribution < 1.29 is 23.0 Å². The molecule has 0 spiro atoms. The molecule has 0 saturated carbocycles. The molecule has 0 radical (unpaired) electrons. The third-order valence-corrected chi connectivity index (χ3v) is 3.54. The van der Waals surface area contributed by atoms with Crippen molar-refractivity contribution in [3.63, 3.8) is 0 Å². The van der Waals surface area contributed by atoms with E-state index in [4.69, 9.17) is 15.2 Å².